The fourth-order valence-corrected chi connectivity index (χ4v) is 2.73. The van der Waals surface area contributed by atoms with Crippen LogP contribution >= 0.6 is 0 Å². The van der Waals surface area contributed by atoms with Crippen molar-refractivity contribution in [2.45, 2.75) is 13.3 Å². The van der Waals surface area contributed by atoms with Gasteiger partial charge in [-0.1, -0.05) is 43.3 Å². The number of benzene rings is 3. The van der Waals surface area contributed by atoms with Crippen molar-refractivity contribution in [3.05, 3.63) is 77.9 Å². The summed E-state index contributed by atoms with van der Waals surface area (Å²) in [5.41, 5.74) is 5.08. The van der Waals surface area contributed by atoms with Crippen LogP contribution in [0.1, 0.15) is 29.3 Å². The molecule has 0 aliphatic rings. The van der Waals surface area contributed by atoms with Crippen LogP contribution in [-0.4, -0.2) is 18.7 Å². The number of rotatable bonds is 5. The molecule has 0 unspecified atom stereocenters. The average molecular weight is 332 g/mol. The smallest absolute Gasteiger partial charge is 0.272 e. The molecule has 3 aromatic carbocycles. The van der Waals surface area contributed by atoms with Gasteiger partial charge in [-0.2, -0.15) is 5.10 Å². The Hall–Kier alpha value is -3.14. The molecule has 0 atom stereocenters. The zero-order valence-electron chi connectivity index (χ0n) is 14.3. The second kappa shape index (κ2) is 7.62. The second-order valence-electron chi connectivity index (χ2n) is 5.61. The van der Waals surface area contributed by atoms with Gasteiger partial charge in [0.25, 0.3) is 5.91 Å². The van der Waals surface area contributed by atoms with Crippen LogP contribution in [0.5, 0.6) is 5.75 Å². The van der Waals surface area contributed by atoms with Crippen LogP contribution in [0.15, 0.2) is 71.8 Å². The fourth-order valence-electron chi connectivity index (χ4n) is 2.73. The minimum absolute atomic E-state index is 0.212. The number of nitrogens with zero attached hydrogens (tertiary/aromatic N) is 1. The van der Waals surface area contributed by atoms with Crippen molar-refractivity contribution in [3.63, 3.8) is 0 Å². The third kappa shape index (κ3) is 3.69. The van der Waals surface area contributed by atoms with Gasteiger partial charge in [-0.15, -0.1) is 0 Å². The lowest BCUT2D eigenvalue weighted by Gasteiger charge is -2.08. The van der Waals surface area contributed by atoms with Gasteiger partial charge < -0.3 is 4.74 Å². The second-order valence-corrected chi connectivity index (χ2v) is 5.61. The van der Waals surface area contributed by atoms with Crippen molar-refractivity contribution in [1.29, 1.82) is 0 Å². The highest BCUT2D eigenvalue weighted by molar-refractivity contribution is 6.08. The molecule has 0 aliphatic carbocycles. The van der Waals surface area contributed by atoms with Crippen molar-refractivity contribution in [1.82, 2.24) is 5.43 Å². The van der Waals surface area contributed by atoms with Crippen LogP contribution < -0.4 is 10.2 Å². The predicted molar refractivity (Wildman–Crippen MR) is 101 cm³/mol. The van der Waals surface area contributed by atoms with Gasteiger partial charge in [0.05, 0.1) is 12.8 Å². The van der Waals surface area contributed by atoms with Crippen LogP contribution in [0.4, 0.5) is 0 Å². The summed E-state index contributed by atoms with van der Waals surface area (Å²) in [6.07, 6.45) is 0.710. The molecular formula is C21H20N2O2. The van der Waals surface area contributed by atoms with Crippen LogP contribution in [0.25, 0.3) is 10.8 Å². The molecule has 4 heteroatoms. The average Bonchev–Trinajstić information content (AvgIpc) is 2.68. The van der Waals surface area contributed by atoms with Crippen molar-refractivity contribution in [2.24, 2.45) is 5.10 Å². The van der Waals surface area contributed by atoms with Crippen LogP contribution in [0.2, 0.25) is 0 Å². The van der Waals surface area contributed by atoms with E-state index in [0.29, 0.717) is 12.0 Å². The Kier molecular flexibility index (Phi) is 5.09. The molecule has 0 spiro atoms. The molecule has 1 amide bonds. The Morgan fingerprint density at radius 2 is 1.72 bits per heavy atom. The number of carbonyl (C=O) groups is 1. The molecule has 0 aliphatic heterocycles. The number of nitrogens with one attached hydrogen (secondary N) is 1. The summed E-state index contributed by atoms with van der Waals surface area (Å²) in [5, 5.41) is 6.28. The first-order valence-corrected chi connectivity index (χ1v) is 8.22. The number of hydrazone groups is 1. The normalized spacial score (nSPS) is 11.4. The van der Waals surface area contributed by atoms with Crippen LogP contribution in [-0.2, 0) is 0 Å². The maximum atomic E-state index is 12.6. The highest BCUT2D eigenvalue weighted by atomic mass is 16.5. The molecule has 126 valence electrons. The summed E-state index contributed by atoms with van der Waals surface area (Å²) in [4.78, 5) is 12.6. The third-order valence-corrected chi connectivity index (χ3v) is 4.08. The zero-order chi connectivity index (χ0) is 17.6. The van der Waals surface area contributed by atoms with E-state index in [1.807, 2.05) is 73.7 Å². The zero-order valence-corrected chi connectivity index (χ0v) is 14.3. The predicted octanol–water partition coefficient (Wildman–Crippen LogP) is 4.39. The summed E-state index contributed by atoms with van der Waals surface area (Å²) in [7, 11) is 1.63. The Bertz CT molecular complexity index is 909. The fraction of sp³-hybridized carbons (Fsp3) is 0.143. The SMILES string of the molecule is CC/C(=N\NC(=O)c1cccc2ccccc12)c1ccc(OC)cc1. The summed E-state index contributed by atoms with van der Waals surface area (Å²) in [5.74, 6) is 0.579. The molecule has 0 aromatic heterocycles. The largest absolute Gasteiger partial charge is 0.497 e. The standard InChI is InChI=1S/C21H20N2O2/c1-3-20(16-11-13-17(25-2)14-12-16)22-23-21(24)19-10-6-8-15-7-4-5-9-18(15)19/h4-14H,3H2,1-2H3,(H,23,24)/b22-20+. The maximum Gasteiger partial charge on any atom is 0.272 e. The van der Waals surface area contributed by atoms with Crippen LogP contribution in [0, 0.1) is 0 Å². The number of methoxy groups -OCH3 is 1. The van der Waals surface area contributed by atoms with E-state index in [9.17, 15) is 4.79 Å². The molecule has 3 aromatic rings. The maximum absolute atomic E-state index is 12.6. The lowest BCUT2D eigenvalue weighted by atomic mass is 10.0. The van der Waals surface area contributed by atoms with Crippen molar-refractivity contribution < 1.29 is 9.53 Å². The Morgan fingerprint density at radius 1 is 1.00 bits per heavy atom. The van der Waals surface area contributed by atoms with Gasteiger partial charge in [-0.25, -0.2) is 5.43 Å². The van der Waals surface area contributed by atoms with Gasteiger partial charge in [0.15, 0.2) is 0 Å². The van der Waals surface area contributed by atoms with Gasteiger partial charge in [-0.05, 0) is 53.1 Å². The van der Waals surface area contributed by atoms with Crippen molar-refractivity contribution >= 4 is 22.4 Å². The molecule has 0 fully saturated rings. The molecule has 25 heavy (non-hydrogen) atoms. The molecule has 0 heterocycles. The van der Waals surface area contributed by atoms with E-state index in [1.165, 1.54) is 0 Å². The molecular weight excluding hydrogens is 312 g/mol. The van der Waals surface area contributed by atoms with E-state index in [0.717, 1.165) is 27.8 Å². The third-order valence-electron chi connectivity index (χ3n) is 4.08. The highest BCUT2D eigenvalue weighted by Gasteiger charge is 2.09. The van der Waals surface area contributed by atoms with Crippen LogP contribution in [0.3, 0.4) is 0 Å². The number of hydrogen-bond donors (Lipinski definition) is 1. The first-order chi connectivity index (χ1) is 12.2. The Morgan fingerprint density at radius 3 is 2.44 bits per heavy atom. The van der Waals surface area contributed by atoms with Crippen molar-refractivity contribution in [3.8, 4) is 5.75 Å². The van der Waals surface area contributed by atoms with Gasteiger partial charge in [0.1, 0.15) is 5.75 Å². The summed E-state index contributed by atoms with van der Waals surface area (Å²) in [6, 6.07) is 21.1. The summed E-state index contributed by atoms with van der Waals surface area (Å²) in [6.45, 7) is 2.01. The van der Waals surface area contributed by atoms with E-state index in [2.05, 4.69) is 10.5 Å². The van der Waals surface area contributed by atoms with E-state index in [1.54, 1.807) is 7.11 Å². The summed E-state index contributed by atoms with van der Waals surface area (Å²) < 4.78 is 5.17. The molecule has 1 N–H and O–H groups in total. The summed E-state index contributed by atoms with van der Waals surface area (Å²) >= 11 is 0. The molecule has 0 saturated heterocycles. The van der Waals surface area contributed by atoms with Gasteiger partial charge in [0.2, 0.25) is 0 Å². The lowest BCUT2D eigenvalue weighted by molar-refractivity contribution is 0.0956. The minimum atomic E-state index is -0.212. The van der Waals surface area contributed by atoms with E-state index >= 15 is 0 Å². The number of ether oxygens (including phenoxy) is 1. The molecule has 0 bridgehead atoms. The number of hydrogen-bond acceptors (Lipinski definition) is 3. The molecule has 0 radical (unpaired) electrons. The quantitative estimate of drug-likeness (QED) is 0.556. The highest BCUT2D eigenvalue weighted by Crippen LogP contribution is 2.18. The van der Waals surface area contributed by atoms with Gasteiger partial charge in [0, 0.05) is 5.56 Å². The van der Waals surface area contributed by atoms with E-state index in [-0.39, 0.29) is 5.91 Å². The Labute approximate surface area is 147 Å². The first-order valence-electron chi connectivity index (χ1n) is 8.22. The van der Waals surface area contributed by atoms with Gasteiger partial charge in [-0.3, -0.25) is 4.79 Å². The number of amides is 1. The monoisotopic (exact) mass is 332 g/mol. The first kappa shape index (κ1) is 16.7. The Balaban J connectivity index is 1.84. The lowest BCUT2D eigenvalue weighted by Crippen LogP contribution is -2.20. The van der Waals surface area contributed by atoms with E-state index < -0.39 is 0 Å². The number of fused-ring (bicyclic) bond motifs is 1. The van der Waals surface area contributed by atoms with Gasteiger partial charge >= 0.3 is 0 Å². The number of carbonyl (C=O) groups excluding carboxylic acids is 1. The molecule has 0 saturated carbocycles. The minimum Gasteiger partial charge on any atom is -0.497 e. The molecule has 3 rings (SSSR count). The topological polar surface area (TPSA) is 50.7 Å². The molecule has 4 nitrogen and oxygen atoms in total. The van der Waals surface area contributed by atoms with Crippen molar-refractivity contribution in [2.75, 3.05) is 7.11 Å². The van der Waals surface area contributed by atoms with E-state index in [4.69, 9.17) is 4.74 Å².